The highest BCUT2D eigenvalue weighted by Gasteiger charge is 2.15. The Balaban J connectivity index is 2.41. The first-order valence-electron chi connectivity index (χ1n) is 4.59. The molecule has 0 aromatic carbocycles. The predicted octanol–water partition coefficient (Wildman–Crippen LogP) is 1.05. The molecule has 0 amide bonds. The Kier molecular flexibility index (Phi) is 2.40. The summed E-state index contributed by atoms with van der Waals surface area (Å²) in [7, 11) is 3.08. The summed E-state index contributed by atoms with van der Waals surface area (Å²) in [5, 5.41) is 3.57. The molecule has 0 saturated carbocycles. The van der Waals surface area contributed by atoms with Crippen molar-refractivity contribution in [2.24, 2.45) is 7.05 Å². The van der Waals surface area contributed by atoms with E-state index in [0.717, 1.165) is 5.56 Å². The van der Waals surface area contributed by atoms with Crippen molar-refractivity contribution in [3.63, 3.8) is 0 Å². The Hall–Kier alpha value is -2.24. The highest BCUT2D eigenvalue weighted by atomic mass is 16.5. The van der Waals surface area contributed by atoms with Crippen LogP contribution in [0.2, 0.25) is 0 Å². The Morgan fingerprint density at radius 1 is 1.56 bits per heavy atom. The molecule has 0 spiro atoms. The van der Waals surface area contributed by atoms with E-state index in [9.17, 15) is 4.79 Å². The lowest BCUT2D eigenvalue weighted by Crippen LogP contribution is -2.06. The van der Waals surface area contributed by atoms with Crippen LogP contribution in [0.1, 0.15) is 10.5 Å². The molecule has 2 heterocycles. The van der Waals surface area contributed by atoms with E-state index in [0.29, 0.717) is 17.3 Å². The van der Waals surface area contributed by atoms with E-state index < -0.39 is 5.97 Å². The maximum Gasteiger partial charge on any atom is 0.354 e. The first kappa shape index (κ1) is 10.3. The number of methoxy groups -OCH3 is 1. The molecule has 0 fully saturated rings. The van der Waals surface area contributed by atoms with Gasteiger partial charge in [0.1, 0.15) is 5.69 Å². The second kappa shape index (κ2) is 3.73. The van der Waals surface area contributed by atoms with Crippen LogP contribution in [0.5, 0.6) is 0 Å². The molecule has 0 bridgehead atoms. The molecule has 0 aliphatic rings. The van der Waals surface area contributed by atoms with Crippen LogP contribution in [-0.2, 0) is 11.8 Å². The number of ether oxygens (including phenoxy) is 1. The summed E-state index contributed by atoms with van der Waals surface area (Å²) in [5.41, 5.74) is 6.61. The lowest BCUT2D eigenvalue weighted by molar-refractivity contribution is 0.0590. The van der Waals surface area contributed by atoms with Gasteiger partial charge in [0.2, 0.25) is 0 Å². The van der Waals surface area contributed by atoms with E-state index in [-0.39, 0.29) is 0 Å². The van der Waals surface area contributed by atoms with E-state index >= 15 is 0 Å². The molecule has 0 atom stereocenters. The van der Waals surface area contributed by atoms with Gasteiger partial charge >= 0.3 is 5.97 Å². The van der Waals surface area contributed by atoms with E-state index in [2.05, 4.69) is 9.89 Å². The molecular formula is C10H11N3O3. The predicted molar refractivity (Wildman–Crippen MR) is 56.7 cm³/mol. The minimum Gasteiger partial charge on any atom is -0.464 e. The van der Waals surface area contributed by atoms with Gasteiger partial charge in [0.15, 0.2) is 11.6 Å². The zero-order valence-corrected chi connectivity index (χ0v) is 8.93. The second-order valence-corrected chi connectivity index (χ2v) is 3.33. The number of anilines is 1. The van der Waals surface area contributed by atoms with Crippen molar-refractivity contribution in [2.45, 2.75) is 0 Å². The van der Waals surface area contributed by atoms with Crippen LogP contribution in [0, 0.1) is 0 Å². The maximum absolute atomic E-state index is 11.4. The van der Waals surface area contributed by atoms with E-state index in [1.807, 2.05) is 0 Å². The molecule has 0 saturated heterocycles. The van der Waals surface area contributed by atoms with Gasteiger partial charge in [-0.3, -0.25) is 0 Å². The summed E-state index contributed by atoms with van der Waals surface area (Å²) in [6, 6.07) is 3.25. The topological polar surface area (TPSA) is 83.3 Å². The molecule has 2 N–H and O–H groups in total. The highest BCUT2D eigenvalue weighted by molar-refractivity contribution is 5.89. The number of aromatic nitrogens is 2. The molecule has 6 heteroatoms. The van der Waals surface area contributed by atoms with Gasteiger partial charge in [0.25, 0.3) is 0 Å². The fourth-order valence-electron chi connectivity index (χ4n) is 1.43. The SMILES string of the molecule is COC(=O)c1cc(-c2cc(N)no2)cn1C. The third-order valence-corrected chi connectivity index (χ3v) is 2.21. The maximum atomic E-state index is 11.4. The van der Waals surface area contributed by atoms with Crippen LogP contribution in [-0.4, -0.2) is 22.8 Å². The normalized spacial score (nSPS) is 10.4. The molecule has 0 aliphatic heterocycles. The van der Waals surface area contributed by atoms with Gasteiger partial charge in [-0.1, -0.05) is 5.16 Å². The lowest BCUT2D eigenvalue weighted by atomic mass is 10.2. The summed E-state index contributed by atoms with van der Waals surface area (Å²) in [6.07, 6.45) is 1.74. The Bertz CT molecular complexity index is 527. The zero-order chi connectivity index (χ0) is 11.7. The second-order valence-electron chi connectivity index (χ2n) is 3.33. The molecule has 6 nitrogen and oxygen atoms in total. The number of aryl methyl sites for hydroxylation is 1. The van der Waals surface area contributed by atoms with Crippen molar-refractivity contribution in [1.29, 1.82) is 0 Å². The third kappa shape index (κ3) is 1.65. The number of carbonyl (C=O) groups is 1. The van der Waals surface area contributed by atoms with Crippen molar-refractivity contribution >= 4 is 11.8 Å². The summed E-state index contributed by atoms with van der Waals surface area (Å²) in [5.74, 6) is 0.419. The number of hydrogen-bond acceptors (Lipinski definition) is 5. The molecule has 16 heavy (non-hydrogen) atoms. The van der Waals surface area contributed by atoms with Crippen LogP contribution >= 0.6 is 0 Å². The van der Waals surface area contributed by atoms with E-state index in [1.165, 1.54) is 7.11 Å². The number of rotatable bonds is 2. The Morgan fingerprint density at radius 3 is 2.88 bits per heavy atom. The Labute approximate surface area is 91.6 Å². The van der Waals surface area contributed by atoms with Gasteiger partial charge in [-0.25, -0.2) is 4.79 Å². The first-order valence-corrected chi connectivity index (χ1v) is 4.59. The van der Waals surface area contributed by atoms with Crippen LogP contribution in [0.25, 0.3) is 11.3 Å². The quantitative estimate of drug-likeness (QED) is 0.766. The van der Waals surface area contributed by atoms with E-state index in [4.69, 9.17) is 10.3 Å². The van der Waals surface area contributed by atoms with Crippen molar-refractivity contribution in [2.75, 3.05) is 12.8 Å². The Morgan fingerprint density at radius 2 is 2.31 bits per heavy atom. The van der Waals surface area contributed by atoms with Crippen LogP contribution < -0.4 is 5.73 Å². The standard InChI is InChI=1S/C10H11N3O3/c1-13-5-6(3-7(13)10(14)15-2)8-4-9(11)12-16-8/h3-5H,1-2H3,(H2,11,12). The first-order chi connectivity index (χ1) is 7.61. The molecule has 0 radical (unpaired) electrons. The minimum atomic E-state index is -0.402. The van der Waals surface area contributed by atoms with Crippen molar-refractivity contribution in [1.82, 2.24) is 9.72 Å². The van der Waals surface area contributed by atoms with Gasteiger partial charge < -0.3 is 19.6 Å². The van der Waals surface area contributed by atoms with E-state index in [1.54, 1.807) is 29.9 Å². The monoisotopic (exact) mass is 221 g/mol. The highest BCUT2D eigenvalue weighted by Crippen LogP contribution is 2.23. The molecular weight excluding hydrogens is 210 g/mol. The van der Waals surface area contributed by atoms with Crippen LogP contribution in [0.3, 0.4) is 0 Å². The lowest BCUT2D eigenvalue weighted by Gasteiger charge is -1.98. The van der Waals surface area contributed by atoms with Crippen molar-refractivity contribution in [3.8, 4) is 11.3 Å². The summed E-state index contributed by atoms with van der Waals surface area (Å²) in [4.78, 5) is 11.4. The average molecular weight is 221 g/mol. The van der Waals surface area contributed by atoms with Gasteiger partial charge in [0, 0.05) is 24.9 Å². The third-order valence-electron chi connectivity index (χ3n) is 2.21. The summed E-state index contributed by atoms with van der Waals surface area (Å²) in [6.45, 7) is 0. The molecule has 84 valence electrons. The fraction of sp³-hybridized carbons (Fsp3) is 0.200. The van der Waals surface area contributed by atoms with Gasteiger partial charge in [-0.05, 0) is 6.07 Å². The minimum absolute atomic E-state index is 0.304. The number of esters is 1. The largest absolute Gasteiger partial charge is 0.464 e. The zero-order valence-electron chi connectivity index (χ0n) is 8.93. The van der Waals surface area contributed by atoms with Gasteiger partial charge in [-0.15, -0.1) is 0 Å². The number of nitrogens with zero attached hydrogens (tertiary/aromatic N) is 2. The summed E-state index contributed by atoms with van der Waals surface area (Å²) >= 11 is 0. The molecule has 2 aromatic heterocycles. The number of carbonyl (C=O) groups excluding carboxylic acids is 1. The molecule has 2 rings (SSSR count). The average Bonchev–Trinajstić information content (AvgIpc) is 2.83. The van der Waals surface area contributed by atoms with Crippen molar-refractivity contribution < 1.29 is 14.1 Å². The van der Waals surface area contributed by atoms with Crippen molar-refractivity contribution in [3.05, 3.63) is 24.0 Å². The number of nitrogens with two attached hydrogens (primary N) is 1. The fourth-order valence-corrected chi connectivity index (χ4v) is 1.43. The molecule has 0 aliphatic carbocycles. The van der Waals surface area contributed by atoms with Crippen LogP contribution in [0.4, 0.5) is 5.82 Å². The van der Waals surface area contributed by atoms with Gasteiger partial charge in [-0.2, -0.15) is 0 Å². The van der Waals surface area contributed by atoms with Crippen LogP contribution in [0.15, 0.2) is 22.9 Å². The number of nitrogen functional groups attached to an aromatic ring is 1. The number of hydrogen-bond donors (Lipinski definition) is 1. The smallest absolute Gasteiger partial charge is 0.354 e. The molecule has 0 unspecified atom stereocenters. The molecule has 2 aromatic rings. The van der Waals surface area contributed by atoms with Gasteiger partial charge in [0.05, 0.1) is 7.11 Å². The summed E-state index contributed by atoms with van der Waals surface area (Å²) < 4.78 is 11.3.